The van der Waals surface area contributed by atoms with Crippen molar-refractivity contribution >= 4 is 0 Å². The van der Waals surface area contributed by atoms with E-state index in [0.29, 0.717) is 0 Å². The summed E-state index contributed by atoms with van der Waals surface area (Å²) in [7, 11) is 0. The molecule has 0 atom stereocenters. The largest absolute Gasteiger partial charge is 1.00 e. The van der Waals surface area contributed by atoms with Crippen LogP contribution in [0.2, 0.25) is 0 Å². The highest BCUT2D eigenvalue weighted by Gasteiger charge is 2.19. The Balaban J connectivity index is 0. The first-order valence-corrected chi connectivity index (χ1v) is 5.24. The van der Waals surface area contributed by atoms with Gasteiger partial charge in [0.15, 0.2) is 0 Å². The molecule has 1 nitrogen and oxygen atoms in total. The van der Waals surface area contributed by atoms with Crippen LogP contribution in [0.25, 0.3) is 0 Å². The zero-order valence-electron chi connectivity index (χ0n) is 9.35. The fourth-order valence-corrected chi connectivity index (χ4v) is 1.95. The molecule has 0 rings (SSSR count). The Bertz CT molecular complexity index is 106. The lowest BCUT2D eigenvalue weighted by Gasteiger charge is -2.34. The second-order valence-corrected chi connectivity index (χ2v) is 3.57. The Morgan fingerprint density at radius 2 is 1.23 bits per heavy atom. The van der Waals surface area contributed by atoms with Gasteiger partial charge >= 0.3 is 0 Å². The van der Waals surface area contributed by atoms with Crippen LogP contribution in [-0.2, 0) is 0 Å². The number of hydrogen-bond acceptors (Lipinski definition) is 0. The highest BCUT2D eigenvalue weighted by molar-refractivity contribution is 4.57. The maximum atomic E-state index is 3.96. The van der Waals surface area contributed by atoms with Gasteiger partial charge in [-0.2, -0.15) is 0 Å². The molecule has 0 saturated heterocycles. The lowest BCUT2D eigenvalue weighted by atomic mass is 10.2. The van der Waals surface area contributed by atoms with E-state index in [1.165, 1.54) is 38.9 Å². The van der Waals surface area contributed by atoms with Gasteiger partial charge in [0.1, 0.15) is 0 Å². The van der Waals surface area contributed by atoms with E-state index in [1.807, 2.05) is 0 Å². The van der Waals surface area contributed by atoms with Gasteiger partial charge in [0, 0.05) is 0 Å². The number of hydrogen-bond donors (Lipinski definition) is 0. The van der Waals surface area contributed by atoms with Crippen LogP contribution in [0.15, 0.2) is 12.8 Å². The topological polar surface area (TPSA) is 0 Å². The van der Waals surface area contributed by atoms with Gasteiger partial charge in [0.05, 0.1) is 25.8 Å². The fraction of sp³-hybridized carbons (Fsp3) is 0.818. The van der Waals surface area contributed by atoms with Crippen molar-refractivity contribution in [1.29, 1.82) is 0 Å². The monoisotopic (exact) mass is 205 g/mol. The molecule has 2 heteroatoms. The first-order chi connectivity index (χ1) is 5.74. The molecule has 0 bridgehead atoms. The third-order valence-electron chi connectivity index (χ3n) is 2.39. The van der Waals surface area contributed by atoms with Crippen LogP contribution in [0.3, 0.4) is 0 Å². The minimum Gasteiger partial charge on any atom is -1.00 e. The maximum absolute atomic E-state index is 3.96. The molecule has 0 saturated carbocycles. The second-order valence-electron chi connectivity index (χ2n) is 3.57. The summed E-state index contributed by atoms with van der Waals surface area (Å²) in [6.45, 7) is 14.5. The molecule has 0 aliphatic heterocycles. The van der Waals surface area contributed by atoms with Crippen molar-refractivity contribution in [3.63, 3.8) is 0 Å². The maximum Gasteiger partial charge on any atom is 0.0885 e. The molecule has 0 aromatic rings. The van der Waals surface area contributed by atoms with Gasteiger partial charge in [0.2, 0.25) is 0 Å². The minimum absolute atomic E-state index is 0. The molecular formula is C11H24ClN. The van der Waals surface area contributed by atoms with Crippen molar-refractivity contribution in [2.24, 2.45) is 0 Å². The van der Waals surface area contributed by atoms with Crippen LogP contribution in [-0.4, -0.2) is 24.1 Å². The molecule has 0 aromatic heterocycles. The summed E-state index contributed by atoms with van der Waals surface area (Å²) in [6.07, 6.45) is 5.90. The third-order valence-corrected chi connectivity index (χ3v) is 2.39. The molecular weight excluding hydrogens is 182 g/mol. The Labute approximate surface area is 89.8 Å². The van der Waals surface area contributed by atoms with E-state index in [2.05, 4.69) is 33.6 Å². The van der Waals surface area contributed by atoms with Gasteiger partial charge < -0.3 is 12.4 Å². The summed E-state index contributed by atoms with van der Waals surface area (Å²) in [5.74, 6) is 0. The average Bonchev–Trinajstić information content (AvgIpc) is 2.06. The SMILES string of the molecule is C=C[N+](CCC)(CCC)CCC.[Cl-]. The molecule has 0 fully saturated rings. The van der Waals surface area contributed by atoms with E-state index >= 15 is 0 Å². The normalized spacial score (nSPS) is 10.7. The van der Waals surface area contributed by atoms with Gasteiger partial charge in [-0.15, -0.1) is 0 Å². The van der Waals surface area contributed by atoms with Crippen LogP contribution < -0.4 is 12.4 Å². The molecule has 0 aromatic carbocycles. The molecule has 0 heterocycles. The lowest BCUT2D eigenvalue weighted by molar-refractivity contribution is -0.879. The summed E-state index contributed by atoms with van der Waals surface area (Å²) < 4.78 is 1.11. The number of halogens is 1. The predicted octanol–water partition coefficient (Wildman–Crippen LogP) is 0.181. The highest BCUT2D eigenvalue weighted by atomic mass is 35.5. The minimum atomic E-state index is 0. The van der Waals surface area contributed by atoms with E-state index in [9.17, 15) is 0 Å². The van der Waals surface area contributed by atoms with Crippen molar-refractivity contribution in [2.45, 2.75) is 40.0 Å². The van der Waals surface area contributed by atoms with E-state index in [4.69, 9.17) is 0 Å². The van der Waals surface area contributed by atoms with Gasteiger partial charge in [-0.05, 0) is 25.8 Å². The molecule has 0 amide bonds. The van der Waals surface area contributed by atoms with Crippen molar-refractivity contribution in [2.75, 3.05) is 19.6 Å². The van der Waals surface area contributed by atoms with Crippen molar-refractivity contribution in [1.82, 2.24) is 0 Å². The highest BCUT2D eigenvalue weighted by Crippen LogP contribution is 2.11. The summed E-state index contributed by atoms with van der Waals surface area (Å²) in [6, 6.07) is 0. The van der Waals surface area contributed by atoms with Crippen LogP contribution >= 0.6 is 0 Å². The first kappa shape index (κ1) is 15.5. The Hall–Kier alpha value is -0.0100. The summed E-state index contributed by atoms with van der Waals surface area (Å²) in [5.41, 5.74) is 0. The van der Waals surface area contributed by atoms with E-state index in [0.717, 1.165) is 4.48 Å². The number of quaternary nitrogens is 1. The van der Waals surface area contributed by atoms with Crippen molar-refractivity contribution < 1.29 is 16.9 Å². The van der Waals surface area contributed by atoms with Crippen LogP contribution in [0, 0.1) is 0 Å². The van der Waals surface area contributed by atoms with Crippen LogP contribution in [0.5, 0.6) is 0 Å². The average molecular weight is 206 g/mol. The number of rotatable bonds is 7. The van der Waals surface area contributed by atoms with E-state index < -0.39 is 0 Å². The summed E-state index contributed by atoms with van der Waals surface area (Å²) in [4.78, 5) is 0. The first-order valence-electron chi connectivity index (χ1n) is 5.24. The second kappa shape index (κ2) is 8.58. The zero-order valence-corrected chi connectivity index (χ0v) is 10.1. The van der Waals surface area contributed by atoms with Gasteiger partial charge in [-0.1, -0.05) is 20.8 Å². The molecule has 0 radical (unpaired) electrons. The number of nitrogens with zero attached hydrogens (tertiary/aromatic N) is 1. The molecule has 0 aliphatic rings. The molecule has 0 aliphatic carbocycles. The van der Waals surface area contributed by atoms with Gasteiger partial charge in [-0.3, -0.25) is 4.48 Å². The van der Waals surface area contributed by atoms with E-state index in [-0.39, 0.29) is 12.4 Å². The lowest BCUT2D eigenvalue weighted by Crippen LogP contribution is -3.00. The molecule has 13 heavy (non-hydrogen) atoms. The van der Waals surface area contributed by atoms with Crippen molar-refractivity contribution in [3.05, 3.63) is 12.8 Å². The quantitative estimate of drug-likeness (QED) is 0.521. The molecule has 0 unspecified atom stereocenters. The summed E-state index contributed by atoms with van der Waals surface area (Å²) >= 11 is 0. The van der Waals surface area contributed by atoms with Gasteiger partial charge in [-0.25, -0.2) is 0 Å². The Kier molecular flexibility index (Phi) is 10.2. The molecule has 0 spiro atoms. The smallest absolute Gasteiger partial charge is 0.0885 e. The Morgan fingerprint density at radius 3 is 1.38 bits per heavy atom. The molecule has 0 N–H and O–H groups in total. The van der Waals surface area contributed by atoms with E-state index in [1.54, 1.807) is 0 Å². The van der Waals surface area contributed by atoms with Crippen LogP contribution in [0.4, 0.5) is 0 Å². The van der Waals surface area contributed by atoms with Crippen molar-refractivity contribution in [3.8, 4) is 0 Å². The fourth-order valence-electron chi connectivity index (χ4n) is 1.95. The zero-order chi connectivity index (χ0) is 9.45. The third kappa shape index (κ3) is 5.33. The summed E-state index contributed by atoms with van der Waals surface area (Å²) in [5, 5.41) is 0. The standard InChI is InChI=1S/C11H24N.ClH/c1-5-9-12(8-4,10-6-2)11-7-3;/h8H,4-7,9-11H2,1-3H3;1H/q+1;/p-1. The van der Waals surface area contributed by atoms with Crippen LogP contribution in [0.1, 0.15) is 40.0 Å². The Morgan fingerprint density at radius 1 is 0.923 bits per heavy atom. The predicted molar refractivity (Wildman–Crippen MR) is 55.9 cm³/mol. The van der Waals surface area contributed by atoms with Gasteiger partial charge in [0.25, 0.3) is 0 Å². The molecule has 80 valence electrons.